The molecule has 1 fully saturated rings. The summed E-state index contributed by atoms with van der Waals surface area (Å²) in [5, 5.41) is 0. The molecule has 1 saturated heterocycles. The first-order valence-corrected chi connectivity index (χ1v) is 10.5. The molecule has 2 aliphatic rings. The number of alkyl halides is 3. The van der Waals surface area contributed by atoms with Crippen LogP contribution in [0.25, 0.3) is 0 Å². The number of aryl methyl sites for hydroxylation is 1. The molecule has 4 rings (SSSR count). The zero-order valence-electron chi connectivity index (χ0n) is 16.1. The number of halogens is 3. The highest BCUT2D eigenvalue weighted by molar-refractivity contribution is 7.89. The van der Waals surface area contributed by atoms with Gasteiger partial charge < -0.3 is 9.64 Å². The van der Waals surface area contributed by atoms with Gasteiger partial charge in [0.1, 0.15) is 5.75 Å². The second-order valence-corrected chi connectivity index (χ2v) is 9.35. The molecule has 1 aromatic carbocycles. The molecule has 30 heavy (non-hydrogen) atoms. The summed E-state index contributed by atoms with van der Waals surface area (Å²) < 4.78 is 68.3. The van der Waals surface area contributed by atoms with Crippen molar-refractivity contribution in [1.29, 1.82) is 0 Å². The molecule has 0 aliphatic carbocycles. The van der Waals surface area contributed by atoms with Crippen LogP contribution in [-0.2, 0) is 15.6 Å². The Morgan fingerprint density at radius 1 is 1.13 bits per heavy atom. The van der Waals surface area contributed by atoms with Gasteiger partial charge in [-0.05, 0) is 49.7 Å². The number of fused-ring (bicyclic) bond motifs is 3. The standard InChI is InChI=1S/C19H18F3N3O4S/c1-12-16-15(7-8-23-12)18(2)11-24(9-10-25(18)17(16)26)30(27,28)14-5-3-13(4-6-14)29-19(20,21)22/h3-8H,9-11H2,1-2H3. The number of aromatic nitrogens is 1. The van der Waals surface area contributed by atoms with Crippen LogP contribution < -0.4 is 4.74 Å². The van der Waals surface area contributed by atoms with Gasteiger partial charge in [-0.25, -0.2) is 8.42 Å². The number of nitrogens with zero attached hydrogens (tertiary/aromatic N) is 3. The Balaban J connectivity index is 1.64. The van der Waals surface area contributed by atoms with Gasteiger partial charge >= 0.3 is 6.36 Å². The summed E-state index contributed by atoms with van der Waals surface area (Å²) >= 11 is 0. The highest BCUT2D eigenvalue weighted by Gasteiger charge is 2.52. The quantitative estimate of drug-likeness (QED) is 0.732. The van der Waals surface area contributed by atoms with Gasteiger partial charge in [0.05, 0.1) is 21.7 Å². The van der Waals surface area contributed by atoms with Crippen LogP contribution in [0, 0.1) is 6.92 Å². The van der Waals surface area contributed by atoms with E-state index in [-0.39, 0.29) is 30.4 Å². The van der Waals surface area contributed by atoms with Crippen molar-refractivity contribution in [3.63, 3.8) is 0 Å². The van der Waals surface area contributed by atoms with Crippen molar-refractivity contribution >= 4 is 15.9 Å². The summed E-state index contributed by atoms with van der Waals surface area (Å²) in [6, 6.07) is 5.79. The maximum absolute atomic E-state index is 13.1. The van der Waals surface area contributed by atoms with E-state index in [0.29, 0.717) is 16.8 Å². The Bertz CT molecular complexity index is 1120. The van der Waals surface area contributed by atoms with Gasteiger partial charge in [0.2, 0.25) is 10.0 Å². The third-order valence-electron chi connectivity index (χ3n) is 5.53. The number of rotatable bonds is 3. The maximum Gasteiger partial charge on any atom is 0.573 e. The summed E-state index contributed by atoms with van der Waals surface area (Å²) in [6.07, 6.45) is -3.27. The molecule has 1 amide bonds. The number of hydrogen-bond donors (Lipinski definition) is 0. The van der Waals surface area contributed by atoms with Crippen LogP contribution in [0.15, 0.2) is 41.4 Å². The number of amides is 1. The summed E-state index contributed by atoms with van der Waals surface area (Å²) in [5.74, 6) is -0.680. The molecule has 1 aromatic heterocycles. The lowest BCUT2D eigenvalue weighted by molar-refractivity contribution is -0.274. The Morgan fingerprint density at radius 2 is 1.80 bits per heavy atom. The lowest BCUT2D eigenvalue weighted by atomic mass is 9.90. The van der Waals surface area contributed by atoms with E-state index in [1.807, 2.05) is 0 Å². The predicted molar refractivity (Wildman–Crippen MR) is 99.2 cm³/mol. The number of ether oxygens (including phenoxy) is 1. The lowest BCUT2D eigenvalue weighted by Gasteiger charge is -2.44. The molecule has 3 heterocycles. The van der Waals surface area contributed by atoms with E-state index < -0.39 is 27.7 Å². The van der Waals surface area contributed by atoms with Crippen LogP contribution >= 0.6 is 0 Å². The molecule has 7 nitrogen and oxygen atoms in total. The average Bonchev–Trinajstić information content (AvgIpc) is 2.89. The predicted octanol–water partition coefficient (Wildman–Crippen LogP) is 2.66. The van der Waals surface area contributed by atoms with Crippen molar-refractivity contribution < 1.29 is 31.1 Å². The summed E-state index contributed by atoms with van der Waals surface area (Å²) in [7, 11) is -3.99. The van der Waals surface area contributed by atoms with Gasteiger partial charge in [-0.1, -0.05) is 0 Å². The molecule has 1 atom stereocenters. The van der Waals surface area contributed by atoms with Crippen LogP contribution in [0.4, 0.5) is 13.2 Å². The SMILES string of the molecule is Cc1nccc2c1C(=O)N1CCN(S(=O)(=O)c3ccc(OC(F)(F)F)cc3)CC21C. The molecule has 0 bridgehead atoms. The molecule has 0 radical (unpaired) electrons. The number of piperazine rings is 1. The van der Waals surface area contributed by atoms with Gasteiger partial charge in [0.15, 0.2) is 0 Å². The zero-order chi connectivity index (χ0) is 21.9. The zero-order valence-corrected chi connectivity index (χ0v) is 16.9. The van der Waals surface area contributed by atoms with Gasteiger partial charge in [-0.2, -0.15) is 4.31 Å². The summed E-state index contributed by atoms with van der Waals surface area (Å²) in [5.41, 5.74) is 0.939. The number of carbonyl (C=O) groups is 1. The average molecular weight is 441 g/mol. The van der Waals surface area contributed by atoms with Crippen molar-refractivity contribution in [2.45, 2.75) is 30.6 Å². The molecular weight excluding hydrogens is 423 g/mol. The van der Waals surface area contributed by atoms with Crippen molar-refractivity contribution in [2.24, 2.45) is 0 Å². The largest absolute Gasteiger partial charge is 0.573 e. The first-order chi connectivity index (χ1) is 13.9. The minimum atomic E-state index is -4.86. The number of sulfonamides is 1. The molecule has 0 N–H and O–H groups in total. The summed E-state index contributed by atoms with van der Waals surface area (Å²) in [6.45, 7) is 3.83. The van der Waals surface area contributed by atoms with Crippen LogP contribution in [-0.4, -0.2) is 54.5 Å². The van der Waals surface area contributed by atoms with Crippen LogP contribution in [0.3, 0.4) is 0 Å². The second-order valence-electron chi connectivity index (χ2n) is 7.41. The van der Waals surface area contributed by atoms with Crippen LogP contribution in [0.5, 0.6) is 5.75 Å². The monoisotopic (exact) mass is 441 g/mol. The van der Waals surface area contributed by atoms with E-state index in [4.69, 9.17) is 0 Å². The van der Waals surface area contributed by atoms with Crippen molar-refractivity contribution in [3.05, 3.63) is 53.3 Å². The Kier molecular flexibility index (Phi) is 4.58. The Labute approximate surface area is 171 Å². The molecule has 2 aliphatic heterocycles. The van der Waals surface area contributed by atoms with Gasteiger partial charge in [0.25, 0.3) is 5.91 Å². The third-order valence-corrected chi connectivity index (χ3v) is 7.39. The topological polar surface area (TPSA) is 79.8 Å². The van der Waals surface area contributed by atoms with Crippen molar-refractivity contribution in [1.82, 2.24) is 14.2 Å². The minimum Gasteiger partial charge on any atom is -0.406 e. The third kappa shape index (κ3) is 3.21. The fraction of sp³-hybridized carbons (Fsp3) is 0.368. The first kappa shape index (κ1) is 20.6. The van der Waals surface area contributed by atoms with Gasteiger partial charge in [-0.15, -0.1) is 13.2 Å². The highest BCUT2D eigenvalue weighted by atomic mass is 32.2. The molecule has 11 heteroatoms. The fourth-order valence-electron chi connectivity index (χ4n) is 4.11. The molecule has 0 spiro atoms. The van der Waals surface area contributed by atoms with Crippen LogP contribution in [0.1, 0.15) is 28.5 Å². The Morgan fingerprint density at radius 3 is 2.43 bits per heavy atom. The van der Waals surface area contributed by atoms with E-state index in [1.165, 1.54) is 4.31 Å². The normalized spacial score (nSPS) is 22.0. The number of hydrogen-bond acceptors (Lipinski definition) is 5. The molecule has 160 valence electrons. The first-order valence-electron chi connectivity index (χ1n) is 9.07. The minimum absolute atomic E-state index is 0.0261. The summed E-state index contributed by atoms with van der Waals surface area (Å²) in [4.78, 5) is 18.5. The second kappa shape index (κ2) is 6.67. The maximum atomic E-state index is 13.1. The number of carbonyl (C=O) groups excluding carboxylic acids is 1. The molecule has 1 unspecified atom stereocenters. The van der Waals surface area contributed by atoms with E-state index in [1.54, 1.807) is 31.0 Å². The van der Waals surface area contributed by atoms with Gasteiger partial charge in [-0.3, -0.25) is 9.78 Å². The van der Waals surface area contributed by atoms with Gasteiger partial charge in [0, 0.05) is 25.8 Å². The van der Waals surface area contributed by atoms with E-state index in [9.17, 15) is 26.4 Å². The number of benzene rings is 1. The highest BCUT2D eigenvalue weighted by Crippen LogP contribution is 2.43. The fourth-order valence-corrected chi connectivity index (χ4v) is 5.63. The molecule has 0 saturated carbocycles. The van der Waals surface area contributed by atoms with E-state index >= 15 is 0 Å². The number of pyridine rings is 1. The van der Waals surface area contributed by atoms with Crippen molar-refractivity contribution in [3.8, 4) is 5.75 Å². The van der Waals surface area contributed by atoms with Crippen molar-refractivity contribution in [2.75, 3.05) is 19.6 Å². The van der Waals surface area contributed by atoms with Crippen LogP contribution in [0.2, 0.25) is 0 Å². The molecular formula is C19H18F3N3O4S. The van der Waals surface area contributed by atoms with E-state index in [2.05, 4.69) is 9.72 Å². The smallest absolute Gasteiger partial charge is 0.406 e. The molecule has 2 aromatic rings. The van der Waals surface area contributed by atoms with E-state index in [0.717, 1.165) is 24.3 Å². The lowest BCUT2D eigenvalue weighted by Crippen LogP contribution is -2.58. The Hall–Kier alpha value is -2.66.